The van der Waals surface area contributed by atoms with Crippen molar-refractivity contribution in [1.82, 2.24) is 15.1 Å². The standard InChI is InChI=1S/C15H18N4O/c1-12(11-18-9-4-8-16-18)17-15(20)19-10-7-13-5-2-3-6-14(13)19/h2-6,8-9,12H,7,10-11H2,1H3,(H,17,20)/t12-/m0/s1. The first-order chi connectivity index (χ1) is 9.74. The van der Waals surface area contributed by atoms with Gasteiger partial charge in [-0.05, 0) is 31.0 Å². The molecule has 5 nitrogen and oxygen atoms in total. The van der Waals surface area contributed by atoms with Crippen LogP contribution in [0.1, 0.15) is 12.5 Å². The van der Waals surface area contributed by atoms with E-state index < -0.39 is 0 Å². The van der Waals surface area contributed by atoms with E-state index in [0.717, 1.165) is 18.7 Å². The van der Waals surface area contributed by atoms with Crippen molar-refractivity contribution in [2.75, 3.05) is 11.4 Å². The van der Waals surface area contributed by atoms with E-state index in [1.165, 1.54) is 5.56 Å². The first-order valence-corrected chi connectivity index (χ1v) is 6.87. The van der Waals surface area contributed by atoms with Gasteiger partial charge in [0.25, 0.3) is 0 Å². The number of benzene rings is 1. The van der Waals surface area contributed by atoms with Crippen molar-refractivity contribution in [2.45, 2.75) is 25.9 Å². The number of urea groups is 1. The zero-order chi connectivity index (χ0) is 13.9. The zero-order valence-electron chi connectivity index (χ0n) is 11.5. The normalized spacial score (nSPS) is 14.9. The summed E-state index contributed by atoms with van der Waals surface area (Å²) in [5.74, 6) is 0. The lowest BCUT2D eigenvalue weighted by Crippen LogP contribution is -2.44. The van der Waals surface area contributed by atoms with E-state index in [-0.39, 0.29) is 12.1 Å². The highest BCUT2D eigenvalue weighted by Crippen LogP contribution is 2.27. The van der Waals surface area contributed by atoms with Crippen molar-refractivity contribution in [3.63, 3.8) is 0 Å². The number of carbonyl (C=O) groups excluding carboxylic acids is 1. The Morgan fingerprint density at radius 1 is 1.40 bits per heavy atom. The van der Waals surface area contributed by atoms with E-state index in [0.29, 0.717) is 6.54 Å². The van der Waals surface area contributed by atoms with Crippen LogP contribution in [0.2, 0.25) is 0 Å². The van der Waals surface area contributed by atoms with Gasteiger partial charge in [0.1, 0.15) is 0 Å². The quantitative estimate of drug-likeness (QED) is 0.928. The van der Waals surface area contributed by atoms with E-state index in [2.05, 4.69) is 16.5 Å². The fourth-order valence-corrected chi connectivity index (χ4v) is 2.57. The van der Waals surface area contributed by atoms with Crippen molar-refractivity contribution in [3.05, 3.63) is 48.3 Å². The highest BCUT2D eigenvalue weighted by molar-refractivity contribution is 5.94. The molecule has 0 saturated heterocycles. The lowest BCUT2D eigenvalue weighted by Gasteiger charge is -2.21. The maximum absolute atomic E-state index is 12.3. The van der Waals surface area contributed by atoms with Gasteiger partial charge in [0.15, 0.2) is 0 Å². The van der Waals surface area contributed by atoms with Crippen LogP contribution in [0.3, 0.4) is 0 Å². The molecule has 104 valence electrons. The average molecular weight is 270 g/mol. The van der Waals surface area contributed by atoms with Crippen LogP contribution in [-0.4, -0.2) is 28.4 Å². The Kier molecular flexibility index (Phi) is 3.41. The number of anilines is 1. The van der Waals surface area contributed by atoms with Crippen molar-refractivity contribution >= 4 is 11.7 Å². The minimum atomic E-state index is -0.0328. The Hall–Kier alpha value is -2.30. The van der Waals surface area contributed by atoms with Gasteiger partial charge in [0.2, 0.25) is 0 Å². The van der Waals surface area contributed by atoms with Gasteiger partial charge in [-0.2, -0.15) is 5.10 Å². The van der Waals surface area contributed by atoms with Crippen LogP contribution in [0.25, 0.3) is 0 Å². The highest BCUT2D eigenvalue weighted by Gasteiger charge is 2.24. The number of nitrogens with zero attached hydrogens (tertiary/aromatic N) is 3. The maximum atomic E-state index is 12.3. The molecule has 0 saturated carbocycles. The number of carbonyl (C=O) groups is 1. The lowest BCUT2D eigenvalue weighted by molar-refractivity contribution is 0.242. The predicted octanol–water partition coefficient (Wildman–Crippen LogP) is 2.04. The van der Waals surface area contributed by atoms with E-state index in [9.17, 15) is 4.79 Å². The van der Waals surface area contributed by atoms with Crippen LogP contribution in [0.5, 0.6) is 0 Å². The van der Waals surface area contributed by atoms with Gasteiger partial charge in [-0.15, -0.1) is 0 Å². The van der Waals surface area contributed by atoms with Crippen molar-refractivity contribution in [3.8, 4) is 0 Å². The van der Waals surface area contributed by atoms with E-state index in [1.807, 2.05) is 47.0 Å². The van der Waals surface area contributed by atoms with Gasteiger partial charge < -0.3 is 5.32 Å². The van der Waals surface area contributed by atoms with Gasteiger partial charge in [-0.3, -0.25) is 9.58 Å². The molecule has 2 heterocycles. The van der Waals surface area contributed by atoms with E-state index in [4.69, 9.17) is 0 Å². The Balaban J connectivity index is 1.63. The molecule has 1 aliphatic rings. The van der Waals surface area contributed by atoms with Crippen molar-refractivity contribution in [2.24, 2.45) is 0 Å². The van der Waals surface area contributed by atoms with E-state index >= 15 is 0 Å². The summed E-state index contributed by atoms with van der Waals surface area (Å²) in [5, 5.41) is 7.18. The smallest absolute Gasteiger partial charge is 0.322 e. The topological polar surface area (TPSA) is 50.2 Å². The molecule has 0 unspecified atom stereocenters. The van der Waals surface area contributed by atoms with Crippen LogP contribution in [0, 0.1) is 0 Å². The predicted molar refractivity (Wildman–Crippen MR) is 77.7 cm³/mol. The molecule has 0 radical (unpaired) electrons. The Morgan fingerprint density at radius 2 is 2.25 bits per heavy atom. The maximum Gasteiger partial charge on any atom is 0.322 e. The second-order valence-electron chi connectivity index (χ2n) is 5.11. The SMILES string of the molecule is C[C@@H](Cn1cccn1)NC(=O)N1CCc2ccccc21. The number of hydrogen-bond acceptors (Lipinski definition) is 2. The van der Waals surface area contributed by atoms with Crippen molar-refractivity contribution in [1.29, 1.82) is 0 Å². The molecule has 2 amide bonds. The van der Waals surface area contributed by atoms with Crippen LogP contribution >= 0.6 is 0 Å². The summed E-state index contributed by atoms with van der Waals surface area (Å²) in [6, 6.07) is 9.95. The molecule has 0 spiro atoms. The van der Waals surface area contributed by atoms with Gasteiger partial charge >= 0.3 is 6.03 Å². The third-order valence-electron chi connectivity index (χ3n) is 3.52. The fraction of sp³-hybridized carbons (Fsp3) is 0.333. The second kappa shape index (κ2) is 5.36. The molecule has 2 aromatic rings. The molecular formula is C15H18N4O. The summed E-state index contributed by atoms with van der Waals surface area (Å²) >= 11 is 0. The molecule has 1 aromatic heterocycles. The average Bonchev–Trinajstić information content (AvgIpc) is 3.07. The number of rotatable bonds is 3. The van der Waals surface area contributed by atoms with E-state index in [1.54, 1.807) is 6.20 Å². The number of nitrogens with one attached hydrogen (secondary N) is 1. The van der Waals surface area contributed by atoms with Gasteiger partial charge in [-0.1, -0.05) is 18.2 Å². The number of hydrogen-bond donors (Lipinski definition) is 1. The lowest BCUT2D eigenvalue weighted by atomic mass is 10.2. The molecule has 1 atom stereocenters. The molecule has 0 aliphatic carbocycles. The molecule has 0 bridgehead atoms. The summed E-state index contributed by atoms with van der Waals surface area (Å²) in [4.78, 5) is 14.1. The van der Waals surface area contributed by atoms with Crippen LogP contribution in [0.15, 0.2) is 42.7 Å². The molecule has 1 N–H and O–H groups in total. The van der Waals surface area contributed by atoms with Crippen LogP contribution in [-0.2, 0) is 13.0 Å². The molecule has 5 heteroatoms. The Labute approximate surface area is 118 Å². The summed E-state index contributed by atoms with van der Waals surface area (Å²) in [5.41, 5.74) is 2.26. The molecule has 0 fully saturated rings. The number of fused-ring (bicyclic) bond motifs is 1. The number of amides is 2. The van der Waals surface area contributed by atoms with Crippen molar-refractivity contribution < 1.29 is 4.79 Å². The van der Waals surface area contributed by atoms with Crippen LogP contribution in [0.4, 0.5) is 10.5 Å². The van der Waals surface area contributed by atoms with Gasteiger partial charge in [0.05, 0.1) is 6.54 Å². The first-order valence-electron chi connectivity index (χ1n) is 6.87. The summed E-state index contributed by atoms with van der Waals surface area (Å²) in [6.45, 7) is 3.41. The molecular weight excluding hydrogens is 252 g/mol. The minimum absolute atomic E-state index is 0.0328. The molecule has 20 heavy (non-hydrogen) atoms. The minimum Gasteiger partial charge on any atom is -0.333 e. The number of aromatic nitrogens is 2. The summed E-state index contributed by atoms with van der Waals surface area (Å²) in [6.07, 6.45) is 4.57. The first kappa shape index (κ1) is 12.7. The van der Waals surface area contributed by atoms with Gasteiger partial charge in [0, 0.05) is 30.7 Å². The molecule has 1 aromatic carbocycles. The molecule has 1 aliphatic heterocycles. The third kappa shape index (κ3) is 2.52. The summed E-state index contributed by atoms with van der Waals surface area (Å²) in [7, 11) is 0. The fourth-order valence-electron chi connectivity index (χ4n) is 2.57. The Bertz CT molecular complexity index is 594. The van der Waals surface area contributed by atoms with Gasteiger partial charge in [-0.25, -0.2) is 4.79 Å². The van der Waals surface area contributed by atoms with Crippen LogP contribution < -0.4 is 10.2 Å². The largest absolute Gasteiger partial charge is 0.333 e. The highest BCUT2D eigenvalue weighted by atomic mass is 16.2. The summed E-state index contributed by atoms with van der Waals surface area (Å²) < 4.78 is 1.82. The zero-order valence-corrected chi connectivity index (χ0v) is 11.5. The molecule has 3 rings (SSSR count). The monoisotopic (exact) mass is 270 g/mol. The number of para-hydroxylation sites is 1. The third-order valence-corrected chi connectivity index (χ3v) is 3.52. The Morgan fingerprint density at radius 3 is 3.05 bits per heavy atom. The second-order valence-corrected chi connectivity index (χ2v) is 5.11.